The second kappa shape index (κ2) is 13.1. The lowest BCUT2D eigenvalue weighted by molar-refractivity contribution is 0.968. The first-order chi connectivity index (χ1) is 27.8. The molecule has 0 bridgehead atoms. The molecular weight excluding hydrogens is 685 g/mol. The van der Waals surface area contributed by atoms with Crippen LogP contribution in [0.3, 0.4) is 0 Å². The van der Waals surface area contributed by atoms with Gasteiger partial charge in [0.25, 0.3) is 0 Å². The number of pyridine rings is 4. The standard InChI is InChI=1S/C50H34N6/c1-3-15-46-43(13-1)44-17-18-48-49(50(44)56(46)42-27-39(35-11-7-21-53-31-35)24-40(28-42)36-12-8-22-54-32-36)45-14-2-4-16-47(45)55(48)41-25-37(33-9-5-19-51-29-33)23-38(26-41)34-10-6-20-52-30-34/h2-12,14-32H,1,13H2. The molecule has 0 saturated carbocycles. The molecule has 4 aromatic carbocycles. The summed E-state index contributed by atoms with van der Waals surface area (Å²) in [4.78, 5) is 17.9. The molecule has 1 aliphatic carbocycles. The molecule has 56 heavy (non-hydrogen) atoms. The van der Waals surface area contributed by atoms with E-state index in [9.17, 15) is 0 Å². The summed E-state index contributed by atoms with van der Waals surface area (Å²) in [6.45, 7) is 0. The molecule has 0 radical (unpaired) electrons. The average Bonchev–Trinajstić information content (AvgIpc) is 3.80. The molecule has 264 valence electrons. The van der Waals surface area contributed by atoms with Gasteiger partial charge in [-0.05, 0) is 120 Å². The van der Waals surface area contributed by atoms with E-state index in [-0.39, 0.29) is 0 Å². The third-order valence-corrected chi connectivity index (χ3v) is 11.1. The Morgan fingerprint density at radius 3 is 1.46 bits per heavy atom. The van der Waals surface area contributed by atoms with Crippen molar-refractivity contribution in [2.75, 3.05) is 0 Å². The Kier molecular flexibility index (Phi) is 7.52. The highest BCUT2D eigenvalue weighted by Crippen LogP contribution is 2.44. The Morgan fingerprint density at radius 1 is 0.429 bits per heavy atom. The molecule has 0 unspecified atom stereocenters. The first-order valence-electron chi connectivity index (χ1n) is 19.0. The highest BCUT2D eigenvalue weighted by Gasteiger charge is 2.25. The second-order valence-electron chi connectivity index (χ2n) is 14.4. The number of aryl methyl sites for hydroxylation is 1. The van der Waals surface area contributed by atoms with Crippen LogP contribution in [0.5, 0.6) is 0 Å². The number of para-hydroxylation sites is 1. The fourth-order valence-corrected chi connectivity index (χ4v) is 8.60. The maximum Gasteiger partial charge on any atom is 0.0638 e. The van der Waals surface area contributed by atoms with Gasteiger partial charge in [0.05, 0.1) is 16.6 Å². The molecule has 10 aromatic rings. The van der Waals surface area contributed by atoms with Crippen molar-refractivity contribution in [1.82, 2.24) is 29.1 Å². The third kappa shape index (κ3) is 5.26. The Hall–Kier alpha value is -7.44. The monoisotopic (exact) mass is 718 g/mol. The summed E-state index contributed by atoms with van der Waals surface area (Å²) in [5, 5.41) is 3.72. The van der Waals surface area contributed by atoms with Crippen LogP contribution in [0.4, 0.5) is 0 Å². The lowest BCUT2D eigenvalue weighted by Gasteiger charge is -2.16. The quantitative estimate of drug-likeness (QED) is 0.172. The number of nitrogens with zero attached hydrogens (tertiary/aromatic N) is 6. The Morgan fingerprint density at radius 2 is 0.946 bits per heavy atom. The van der Waals surface area contributed by atoms with Crippen LogP contribution in [0.15, 0.2) is 177 Å². The predicted molar refractivity (Wildman–Crippen MR) is 228 cm³/mol. The highest BCUT2D eigenvalue weighted by atomic mass is 15.0. The molecule has 11 rings (SSSR count). The van der Waals surface area contributed by atoms with Crippen LogP contribution in [0, 0.1) is 0 Å². The topological polar surface area (TPSA) is 61.4 Å². The van der Waals surface area contributed by atoms with Gasteiger partial charge >= 0.3 is 0 Å². The zero-order valence-electron chi connectivity index (χ0n) is 30.4. The van der Waals surface area contributed by atoms with E-state index in [4.69, 9.17) is 0 Å². The van der Waals surface area contributed by atoms with Crippen LogP contribution >= 0.6 is 0 Å². The van der Waals surface area contributed by atoms with E-state index >= 15 is 0 Å². The van der Waals surface area contributed by atoms with E-state index < -0.39 is 0 Å². The highest BCUT2D eigenvalue weighted by molar-refractivity contribution is 6.22. The number of allylic oxidation sites excluding steroid dienone is 1. The van der Waals surface area contributed by atoms with Crippen LogP contribution in [0.25, 0.3) is 94.7 Å². The molecule has 0 fully saturated rings. The number of fused-ring (bicyclic) bond motifs is 7. The molecule has 0 aliphatic heterocycles. The first kappa shape index (κ1) is 32.0. The van der Waals surface area contributed by atoms with E-state index in [1.54, 1.807) is 0 Å². The van der Waals surface area contributed by atoms with E-state index in [0.717, 1.165) is 79.8 Å². The predicted octanol–water partition coefficient (Wildman–Crippen LogP) is 11.9. The largest absolute Gasteiger partial charge is 0.309 e. The van der Waals surface area contributed by atoms with Crippen molar-refractivity contribution < 1.29 is 0 Å². The molecule has 0 saturated heterocycles. The third-order valence-electron chi connectivity index (χ3n) is 11.1. The van der Waals surface area contributed by atoms with Gasteiger partial charge in [-0.3, -0.25) is 19.9 Å². The van der Waals surface area contributed by atoms with Gasteiger partial charge in [0.15, 0.2) is 0 Å². The van der Waals surface area contributed by atoms with Crippen molar-refractivity contribution in [2.24, 2.45) is 0 Å². The van der Waals surface area contributed by atoms with Crippen molar-refractivity contribution in [1.29, 1.82) is 0 Å². The molecule has 0 spiro atoms. The molecule has 0 N–H and O–H groups in total. The molecule has 6 nitrogen and oxygen atoms in total. The summed E-state index contributed by atoms with van der Waals surface area (Å²) in [6.07, 6.45) is 21.7. The number of rotatable bonds is 6. The molecular formula is C50H34N6. The zero-order valence-corrected chi connectivity index (χ0v) is 30.4. The maximum absolute atomic E-state index is 4.49. The number of aromatic nitrogens is 6. The van der Waals surface area contributed by atoms with Crippen molar-refractivity contribution >= 4 is 38.8 Å². The fourth-order valence-electron chi connectivity index (χ4n) is 8.60. The van der Waals surface area contributed by atoms with Crippen LogP contribution in [-0.4, -0.2) is 29.1 Å². The van der Waals surface area contributed by atoms with Crippen molar-refractivity contribution in [3.05, 3.63) is 188 Å². The van der Waals surface area contributed by atoms with Crippen LogP contribution in [0.1, 0.15) is 17.7 Å². The number of benzene rings is 4. The fraction of sp³-hybridized carbons (Fsp3) is 0.0400. The summed E-state index contributed by atoms with van der Waals surface area (Å²) in [6, 6.07) is 43.7. The maximum atomic E-state index is 4.49. The lowest BCUT2D eigenvalue weighted by atomic mass is 9.99. The number of hydrogen-bond acceptors (Lipinski definition) is 4. The summed E-state index contributed by atoms with van der Waals surface area (Å²) in [5.41, 5.74) is 17.0. The minimum absolute atomic E-state index is 0.985. The van der Waals surface area contributed by atoms with Gasteiger partial charge in [-0.25, -0.2) is 0 Å². The average molecular weight is 719 g/mol. The summed E-state index contributed by atoms with van der Waals surface area (Å²) in [7, 11) is 0. The molecule has 1 aliphatic rings. The normalized spacial score (nSPS) is 12.4. The van der Waals surface area contributed by atoms with Crippen LogP contribution in [0.2, 0.25) is 0 Å². The van der Waals surface area contributed by atoms with Gasteiger partial charge in [0.2, 0.25) is 0 Å². The van der Waals surface area contributed by atoms with Gasteiger partial charge in [0, 0.05) is 105 Å². The summed E-state index contributed by atoms with van der Waals surface area (Å²) < 4.78 is 4.94. The lowest BCUT2D eigenvalue weighted by Crippen LogP contribution is -2.01. The SMILES string of the molecule is C1=Cc2c(c3ccc4c(c5ccccc5n4-c4cc(-c5cccnc5)cc(-c5cccnc5)c4)c3n2-c2cc(-c3cccnc3)cc(-c3cccnc3)c2)CC1. The molecule has 0 atom stereocenters. The molecule has 6 heteroatoms. The summed E-state index contributed by atoms with van der Waals surface area (Å²) >= 11 is 0. The van der Waals surface area contributed by atoms with Crippen LogP contribution < -0.4 is 0 Å². The Bertz CT molecular complexity index is 2990. The van der Waals surface area contributed by atoms with Gasteiger partial charge in [0.1, 0.15) is 0 Å². The minimum atomic E-state index is 0.985. The van der Waals surface area contributed by atoms with Crippen molar-refractivity contribution in [2.45, 2.75) is 12.8 Å². The molecule has 6 heterocycles. The van der Waals surface area contributed by atoms with E-state index in [1.165, 1.54) is 32.9 Å². The minimum Gasteiger partial charge on any atom is -0.309 e. The van der Waals surface area contributed by atoms with Gasteiger partial charge in [-0.2, -0.15) is 0 Å². The van der Waals surface area contributed by atoms with E-state index in [2.05, 4.69) is 138 Å². The Labute approximate surface area is 323 Å². The van der Waals surface area contributed by atoms with Crippen LogP contribution in [-0.2, 0) is 6.42 Å². The van der Waals surface area contributed by atoms with E-state index in [0.29, 0.717) is 0 Å². The number of hydrogen-bond donors (Lipinski definition) is 0. The van der Waals surface area contributed by atoms with Gasteiger partial charge in [-0.1, -0.05) is 54.6 Å². The molecule has 0 amide bonds. The molecule has 6 aromatic heterocycles. The summed E-state index contributed by atoms with van der Waals surface area (Å²) in [5.74, 6) is 0. The Balaban J connectivity index is 1.24. The van der Waals surface area contributed by atoms with Crippen molar-refractivity contribution in [3.63, 3.8) is 0 Å². The van der Waals surface area contributed by atoms with Crippen molar-refractivity contribution in [3.8, 4) is 55.9 Å². The van der Waals surface area contributed by atoms with E-state index in [1.807, 2.05) is 73.8 Å². The first-order valence-corrected chi connectivity index (χ1v) is 19.0. The zero-order chi connectivity index (χ0) is 37.0. The smallest absolute Gasteiger partial charge is 0.0638 e. The second-order valence-corrected chi connectivity index (χ2v) is 14.4. The van der Waals surface area contributed by atoms with Gasteiger partial charge in [-0.15, -0.1) is 0 Å². The van der Waals surface area contributed by atoms with Gasteiger partial charge < -0.3 is 9.13 Å².